The number of nitrogens with zero attached hydrogens (tertiary/aromatic N) is 3. The molecule has 146 valence electrons. The molecule has 0 amide bonds. The van der Waals surface area contributed by atoms with E-state index in [9.17, 15) is 11.6 Å². The number of hydrogen-bond acceptors (Lipinski definition) is 5. The predicted molar refractivity (Wildman–Crippen MR) is 98.6 cm³/mol. The van der Waals surface area contributed by atoms with Gasteiger partial charge in [0.15, 0.2) is 0 Å². The Balaban J connectivity index is 0.000000381. The second-order valence-corrected chi connectivity index (χ2v) is 5.96. The molecule has 0 atom stereocenters. The fourth-order valence-electron chi connectivity index (χ4n) is 1.90. The van der Waals surface area contributed by atoms with E-state index in [-0.39, 0.29) is 6.61 Å². The van der Waals surface area contributed by atoms with E-state index in [0.717, 1.165) is 0 Å². The summed E-state index contributed by atoms with van der Waals surface area (Å²) >= 11 is 1.25. The zero-order chi connectivity index (χ0) is 20.0. The van der Waals surface area contributed by atoms with Crippen molar-refractivity contribution in [2.45, 2.75) is 6.92 Å². The van der Waals surface area contributed by atoms with Crippen LogP contribution in [-0.2, 0) is 34.2 Å². The summed E-state index contributed by atoms with van der Waals surface area (Å²) in [5.74, 6) is 0. The topological polar surface area (TPSA) is 83.3 Å². The molecule has 0 bridgehead atoms. The quantitative estimate of drug-likeness (QED) is 0.500. The molecule has 0 N–H and O–H groups in total. The van der Waals surface area contributed by atoms with Crippen molar-refractivity contribution >= 4 is 16.0 Å². The summed E-state index contributed by atoms with van der Waals surface area (Å²) in [4.78, 5) is 7.97. The molecule has 0 aliphatic rings. The maximum Gasteiger partial charge on any atom is 0.0267 e. The minimum atomic E-state index is -3.92. The standard InChI is InChI=1S/C13H13N2O3S.C5H5N.FH.Pd/c1-2-18-19(16,17)15-13-9-4-3-7-11(13)12-8-5-6-10-14-12;1-2-4-6-5-3-1;;/h3-10H,2H2,1H3;1-5H;1H;/q-1;;;+2/p-1. The average Bonchev–Trinajstić information content (AvgIpc) is 2.72. The van der Waals surface area contributed by atoms with Crippen LogP contribution in [0.4, 0.5) is 8.91 Å². The van der Waals surface area contributed by atoms with E-state index in [1.165, 1.54) is 19.7 Å². The molecule has 0 aliphatic heterocycles. The van der Waals surface area contributed by atoms with Gasteiger partial charge in [0.05, 0.1) is 12.3 Å². The second kappa shape index (κ2) is 13.1. The number of rotatable bonds is 5. The smallest absolute Gasteiger partial charge is 0.0267 e. The SMILES string of the molecule is CCOS(=O)(=O)[N-]c1ccccc1-c1ccccn1.[F][Pd+].c1ccncc1. The van der Waals surface area contributed by atoms with Crippen molar-refractivity contribution in [2.24, 2.45) is 0 Å². The maximum atomic E-state index is 11.6. The molecule has 9 heteroatoms. The number of halogens is 1. The Hall–Kier alpha value is -2.18. The molecular formula is C18H18FN3O3PdS. The van der Waals surface area contributed by atoms with Crippen LogP contribution in [0.5, 0.6) is 0 Å². The van der Waals surface area contributed by atoms with Crippen molar-refractivity contribution in [3.05, 3.63) is 84.0 Å². The van der Waals surface area contributed by atoms with Gasteiger partial charge in [-0.15, -0.1) is 5.69 Å². The summed E-state index contributed by atoms with van der Waals surface area (Å²) < 4.78 is 40.8. The molecule has 0 fully saturated rings. The fourth-order valence-corrected chi connectivity index (χ4v) is 2.65. The first-order chi connectivity index (χ1) is 13.1. The Labute approximate surface area is 170 Å². The van der Waals surface area contributed by atoms with Crippen molar-refractivity contribution in [3.8, 4) is 11.3 Å². The van der Waals surface area contributed by atoms with E-state index in [1.54, 1.807) is 61.9 Å². The molecular weight excluding hydrogens is 464 g/mol. The summed E-state index contributed by atoms with van der Waals surface area (Å²) in [6.45, 7) is 1.65. The zero-order valence-electron chi connectivity index (χ0n) is 14.4. The molecule has 3 rings (SSSR count). The predicted octanol–water partition coefficient (Wildman–Crippen LogP) is 4.53. The Morgan fingerprint density at radius 1 is 0.963 bits per heavy atom. The van der Waals surface area contributed by atoms with E-state index >= 15 is 0 Å². The number of hydrogen-bond donors (Lipinski definition) is 0. The Morgan fingerprint density at radius 3 is 2.11 bits per heavy atom. The van der Waals surface area contributed by atoms with Crippen molar-refractivity contribution < 1.29 is 35.5 Å². The van der Waals surface area contributed by atoms with E-state index in [0.29, 0.717) is 16.9 Å². The first-order valence-electron chi connectivity index (χ1n) is 7.72. The molecule has 0 radical (unpaired) electrons. The van der Waals surface area contributed by atoms with Crippen LogP contribution in [0.15, 0.2) is 79.3 Å². The van der Waals surface area contributed by atoms with E-state index in [2.05, 4.69) is 18.9 Å². The monoisotopic (exact) mass is 481 g/mol. The van der Waals surface area contributed by atoms with E-state index < -0.39 is 10.3 Å². The van der Waals surface area contributed by atoms with Crippen LogP contribution >= 0.6 is 0 Å². The third-order valence-electron chi connectivity index (χ3n) is 2.89. The van der Waals surface area contributed by atoms with Gasteiger partial charge < -0.3 is 4.72 Å². The van der Waals surface area contributed by atoms with Crippen molar-refractivity contribution in [1.82, 2.24) is 9.97 Å². The van der Waals surface area contributed by atoms with Gasteiger partial charge in [0.1, 0.15) is 0 Å². The zero-order valence-corrected chi connectivity index (χ0v) is 16.8. The van der Waals surface area contributed by atoms with Gasteiger partial charge in [0.25, 0.3) is 0 Å². The van der Waals surface area contributed by atoms with E-state index in [1.807, 2.05) is 24.3 Å². The largest absolute Gasteiger partial charge is 0.265 e. The third-order valence-corrected chi connectivity index (χ3v) is 3.84. The van der Waals surface area contributed by atoms with Gasteiger partial charge in [-0.25, -0.2) is 8.42 Å². The molecule has 0 saturated heterocycles. The number of benzene rings is 1. The van der Waals surface area contributed by atoms with Crippen LogP contribution < -0.4 is 0 Å². The van der Waals surface area contributed by atoms with Gasteiger partial charge in [-0.3, -0.25) is 14.2 Å². The summed E-state index contributed by atoms with van der Waals surface area (Å²) in [5, 5.41) is 0. The van der Waals surface area contributed by atoms with Gasteiger partial charge in [-0.2, -0.15) is 0 Å². The summed E-state index contributed by atoms with van der Waals surface area (Å²) in [6.07, 6.45) is 5.14. The molecule has 2 aromatic heterocycles. The van der Waals surface area contributed by atoms with E-state index in [4.69, 9.17) is 0 Å². The molecule has 6 nitrogen and oxygen atoms in total. The number of aromatic nitrogens is 2. The maximum absolute atomic E-state index is 11.6. The van der Waals surface area contributed by atoms with Crippen LogP contribution in [0.1, 0.15) is 6.92 Å². The molecule has 0 unspecified atom stereocenters. The van der Waals surface area contributed by atoms with Gasteiger partial charge in [0.2, 0.25) is 10.3 Å². The molecule has 3 aromatic rings. The molecule has 0 aliphatic carbocycles. The fraction of sp³-hybridized carbons (Fsp3) is 0.111. The van der Waals surface area contributed by atoms with Gasteiger partial charge >= 0.3 is 22.9 Å². The summed E-state index contributed by atoms with van der Waals surface area (Å²) in [7, 11) is -3.92. The Kier molecular flexibility index (Phi) is 11.1. The summed E-state index contributed by atoms with van der Waals surface area (Å²) in [5.41, 5.74) is 1.62. The van der Waals surface area contributed by atoms with Crippen LogP contribution in [0, 0.1) is 0 Å². The van der Waals surface area contributed by atoms with Crippen LogP contribution in [0.3, 0.4) is 0 Å². The first-order valence-corrected chi connectivity index (χ1v) is 9.67. The van der Waals surface area contributed by atoms with Gasteiger partial charge in [-0.1, -0.05) is 36.4 Å². The molecule has 1 aromatic carbocycles. The third kappa shape index (κ3) is 8.84. The van der Waals surface area contributed by atoms with Gasteiger partial charge in [-0.05, 0) is 36.8 Å². The van der Waals surface area contributed by atoms with Crippen LogP contribution in [-0.4, -0.2) is 25.0 Å². The minimum absolute atomic E-state index is 0.0532. The minimum Gasteiger partial charge on any atom is -0.265 e. The molecule has 0 spiro atoms. The Bertz CT molecular complexity index is 843. The average molecular weight is 482 g/mol. The van der Waals surface area contributed by atoms with Crippen LogP contribution in [0.2, 0.25) is 0 Å². The number of pyridine rings is 2. The first kappa shape index (κ1) is 22.9. The second-order valence-electron chi connectivity index (χ2n) is 4.68. The molecule has 27 heavy (non-hydrogen) atoms. The normalized spacial score (nSPS) is 9.93. The van der Waals surface area contributed by atoms with Crippen molar-refractivity contribution in [1.29, 1.82) is 0 Å². The van der Waals surface area contributed by atoms with Crippen molar-refractivity contribution in [3.63, 3.8) is 0 Å². The molecule has 2 heterocycles. The van der Waals surface area contributed by atoms with Gasteiger partial charge in [0, 0.05) is 18.6 Å². The molecule has 0 saturated carbocycles. The van der Waals surface area contributed by atoms with Crippen molar-refractivity contribution in [2.75, 3.05) is 6.61 Å². The summed E-state index contributed by atoms with van der Waals surface area (Å²) in [6, 6.07) is 18.0. The van der Waals surface area contributed by atoms with Crippen LogP contribution in [0.25, 0.3) is 16.0 Å². The Morgan fingerprint density at radius 2 is 1.59 bits per heavy atom.